The van der Waals surface area contributed by atoms with Crippen molar-refractivity contribution in [3.05, 3.63) is 33.9 Å². The first-order valence-corrected chi connectivity index (χ1v) is 6.83. The van der Waals surface area contributed by atoms with Crippen LogP contribution < -0.4 is 10.5 Å². The number of anilines is 1. The minimum absolute atomic E-state index is 0.525. The van der Waals surface area contributed by atoms with Crippen LogP contribution in [0.5, 0.6) is 5.75 Å². The second-order valence-electron chi connectivity index (χ2n) is 4.20. The van der Waals surface area contributed by atoms with Crippen molar-refractivity contribution in [1.82, 2.24) is 9.97 Å². The molecule has 19 heavy (non-hydrogen) atoms. The molecule has 1 heterocycles. The third-order valence-electron chi connectivity index (χ3n) is 3.03. The van der Waals surface area contributed by atoms with Gasteiger partial charge >= 0.3 is 0 Å². The van der Waals surface area contributed by atoms with E-state index < -0.39 is 0 Å². The lowest BCUT2D eigenvalue weighted by atomic mass is 10.1. The zero-order valence-corrected chi connectivity index (χ0v) is 12.8. The number of nitrogens with zero attached hydrogens (tertiary/aromatic N) is 2. The molecule has 2 rings (SSSR count). The average Bonchev–Trinajstić information content (AvgIpc) is 2.42. The number of ether oxygens (including phenoxy) is 1. The van der Waals surface area contributed by atoms with E-state index in [4.69, 9.17) is 10.5 Å². The van der Waals surface area contributed by atoms with E-state index in [2.05, 4.69) is 32.8 Å². The molecule has 0 amide bonds. The predicted molar refractivity (Wildman–Crippen MR) is 80.2 cm³/mol. The SMILES string of the molecule is CCc1nc(-c2cc(OC)ccc2Br)nc(N)c1C. The highest BCUT2D eigenvalue weighted by Crippen LogP contribution is 2.31. The van der Waals surface area contributed by atoms with Gasteiger partial charge in [0.25, 0.3) is 0 Å². The van der Waals surface area contributed by atoms with Crippen molar-refractivity contribution in [3.8, 4) is 17.1 Å². The molecule has 0 bridgehead atoms. The first-order chi connectivity index (χ1) is 9.06. The number of aryl methyl sites for hydroxylation is 1. The number of nitrogen functional groups attached to an aromatic ring is 1. The molecule has 0 aliphatic heterocycles. The molecule has 0 unspecified atom stereocenters. The summed E-state index contributed by atoms with van der Waals surface area (Å²) in [5, 5.41) is 0. The summed E-state index contributed by atoms with van der Waals surface area (Å²) in [4.78, 5) is 8.95. The summed E-state index contributed by atoms with van der Waals surface area (Å²) in [6, 6.07) is 5.69. The second-order valence-corrected chi connectivity index (χ2v) is 5.06. The zero-order valence-electron chi connectivity index (χ0n) is 11.2. The van der Waals surface area contributed by atoms with Crippen molar-refractivity contribution >= 4 is 21.7 Å². The first kappa shape index (κ1) is 13.8. The van der Waals surface area contributed by atoms with Gasteiger partial charge in [0, 0.05) is 21.3 Å². The quantitative estimate of drug-likeness (QED) is 0.941. The molecule has 0 spiro atoms. The molecule has 5 heteroatoms. The van der Waals surface area contributed by atoms with Crippen molar-refractivity contribution in [1.29, 1.82) is 0 Å². The van der Waals surface area contributed by atoms with Crippen LogP contribution in [0.15, 0.2) is 22.7 Å². The highest BCUT2D eigenvalue weighted by Gasteiger charge is 2.12. The Labute approximate surface area is 121 Å². The maximum Gasteiger partial charge on any atom is 0.163 e. The van der Waals surface area contributed by atoms with Crippen LogP contribution in [-0.4, -0.2) is 17.1 Å². The summed E-state index contributed by atoms with van der Waals surface area (Å²) < 4.78 is 6.15. The lowest BCUT2D eigenvalue weighted by molar-refractivity contribution is 0.415. The Kier molecular flexibility index (Phi) is 4.04. The van der Waals surface area contributed by atoms with Gasteiger partial charge in [-0.25, -0.2) is 9.97 Å². The van der Waals surface area contributed by atoms with E-state index in [-0.39, 0.29) is 0 Å². The Bertz CT molecular complexity index is 614. The first-order valence-electron chi connectivity index (χ1n) is 6.03. The standard InChI is InChI=1S/C14H16BrN3O/c1-4-12-8(2)13(16)18-14(17-12)10-7-9(19-3)5-6-11(10)15/h5-7H,4H2,1-3H3,(H2,16,17,18). The van der Waals surface area contributed by atoms with Crippen LogP contribution in [0, 0.1) is 6.92 Å². The topological polar surface area (TPSA) is 61.0 Å². The van der Waals surface area contributed by atoms with Gasteiger partial charge in [0.1, 0.15) is 11.6 Å². The van der Waals surface area contributed by atoms with Gasteiger partial charge < -0.3 is 10.5 Å². The summed E-state index contributed by atoms with van der Waals surface area (Å²) in [7, 11) is 1.63. The summed E-state index contributed by atoms with van der Waals surface area (Å²) >= 11 is 3.51. The highest BCUT2D eigenvalue weighted by atomic mass is 79.9. The number of aromatic nitrogens is 2. The van der Waals surface area contributed by atoms with E-state index in [1.807, 2.05) is 25.1 Å². The van der Waals surface area contributed by atoms with Crippen LogP contribution in [0.4, 0.5) is 5.82 Å². The zero-order chi connectivity index (χ0) is 14.0. The lowest BCUT2D eigenvalue weighted by Gasteiger charge is -2.10. The Balaban J connectivity index is 2.61. The molecule has 0 aliphatic rings. The molecule has 0 fully saturated rings. The Hall–Kier alpha value is -1.62. The van der Waals surface area contributed by atoms with Gasteiger partial charge in [-0.15, -0.1) is 0 Å². The number of rotatable bonds is 3. The number of hydrogen-bond acceptors (Lipinski definition) is 4. The smallest absolute Gasteiger partial charge is 0.163 e. The Morgan fingerprint density at radius 3 is 2.68 bits per heavy atom. The van der Waals surface area contributed by atoms with Crippen molar-refractivity contribution < 1.29 is 4.74 Å². The molecule has 0 aliphatic carbocycles. The molecule has 2 aromatic rings. The number of methoxy groups -OCH3 is 1. The van der Waals surface area contributed by atoms with Gasteiger partial charge in [-0.2, -0.15) is 0 Å². The third-order valence-corrected chi connectivity index (χ3v) is 3.73. The van der Waals surface area contributed by atoms with E-state index in [1.165, 1.54) is 0 Å². The maximum absolute atomic E-state index is 5.96. The molecule has 0 radical (unpaired) electrons. The van der Waals surface area contributed by atoms with E-state index in [1.54, 1.807) is 7.11 Å². The number of benzene rings is 1. The predicted octanol–water partition coefficient (Wildman–Crippen LogP) is 3.37. The van der Waals surface area contributed by atoms with E-state index in [0.29, 0.717) is 11.6 Å². The van der Waals surface area contributed by atoms with Gasteiger partial charge in [0.05, 0.1) is 7.11 Å². The van der Waals surface area contributed by atoms with Crippen LogP contribution in [-0.2, 0) is 6.42 Å². The Morgan fingerprint density at radius 1 is 1.32 bits per heavy atom. The number of halogens is 1. The largest absolute Gasteiger partial charge is 0.497 e. The van der Waals surface area contributed by atoms with Gasteiger partial charge in [0.15, 0.2) is 5.82 Å². The second kappa shape index (κ2) is 5.57. The fourth-order valence-electron chi connectivity index (χ4n) is 1.85. The molecule has 0 saturated carbocycles. The summed E-state index contributed by atoms with van der Waals surface area (Å²) in [5.41, 5.74) is 8.75. The lowest BCUT2D eigenvalue weighted by Crippen LogP contribution is -2.04. The van der Waals surface area contributed by atoms with E-state index >= 15 is 0 Å². The fourth-order valence-corrected chi connectivity index (χ4v) is 2.27. The molecule has 1 aromatic heterocycles. The number of hydrogen-bond donors (Lipinski definition) is 1. The summed E-state index contributed by atoms with van der Waals surface area (Å²) in [6.45, 7) is 4.00. The van der Waals surface area contributed by atoms with E-state index in [0.717, 1.165) is 33.5 Å². The Morgan fingerprint density at radius 2 is 2.05 bits per heavy atom. The van der Waals surface area contributed by atoms with E-state index in [9.17, 15) is 0 Å². The van der Waals surface area contributed by atoms with Crippen LogP contribution in [0.1, 0.15) is 18.2 Å². The van der Waals surface area contributed by atoms with Crippen LogP contribution in [0.2, 0.25) is 0 Å². The molecular weight excluding hydrogens is 306 g/mol. The summed E-state index contributed by atoms with van der Waals surface area (Å²) in [6.07, 6.45) is 0.827. The molecule has 2 N–H and O–H groups in total. The van der Waals surface area contributed by atoms with Gasteiger partial charge in [-0.3, -0.25) is 0 Å². The maximum atomic E-state index is 5.96. The minimum atomic E-state index is 0.525. The highest BCUT2D eigenvalue weighted by molar-refractivity contribution is 9.10. The molecule has 1 aromatic carbocycles. The normalized spacial score (nSPS) is 10.5. The van der Waals surface area contributed by atoms with Crippen molar-refractivity contribution in [2.24, 2.45) is 0 Å². The van der Waals surface area contributed by atoms with Crippen molar-refractivity contribution in [3.63, 3.8) is 0 Å². The molecule has 4 nitrogen and oxygen atoms in total. The van der Waals surface area contributed by atoms with Crippen LogP contribution in [0.3, 0.4) is 0 Å². The number of nitrogens with two attached hydrogens (primary N) is 1. The monoisotopic (exact) mass is 321 g/mol. The van der Waals surface area contributed by atoms with Gasteiger partial charge in [-0.05, 0) is 31.5 Å². The van der Waals surface area contributed by atoms with Crippen molar-refractivity contribution in [2.45, 2.75) is 20.3 Å². The van der Waals surface area contributed by atoms with Gasteiger partial charge in [0.2, 0.25) is 0 Å². The minimum Gasteiger partial charge on any atom is -0.497 e. The van der Waals surface area contributed by atoms with Crippen molar-refractivity contribution in [2.75, 3.05) is 12.8 Å². The summed E-state index contributed by atoms with van der Waals surface area (Å²) in [5.74, 6) is 1.90. The molecule has 0 saturated heterocycles. The third kappa shape index (κ3) is 2.71. The fraction of sp³-hybridized carbons (Fsp3) is 0.286. The molecular formula is C14H16BrN3O. The molecule has 100 valence electrons. The van der Waals surface area contributed by atoms with Crippen LogP contribution in [0.25, 0.3) is 11.4 Å². The molecule has 0 atom stereocenters. The van der Waals surface area contributed by atoms with Gasteiger partial charge in [-0.1, -0.05) is 22.9 Å². The van der Waals surface area contributed by atoms with Crippen LogP contribution >= 0.6 is 15.9 Å². The average molecular weight is 322 g/mol.